The Morgan fingerprint density at radius 1 is 1.32 bits per heavy atom. The molecule has 0 aliphatic carbocycles. The summed E-state index contributed by atoms with van der Waals surface area (Å²) < 4.78 is 4.98. The molecule has 0 atom stereocenters. The molecule has 2 N–H and O–H groups in total. The summed E-state index contributed by atoms with van der Waals surface area (Å²) in [6, 6.07) is 0. The van der Waals surface area contributed by atoms with Gasteiger partial charge in [-0.25, -0.2) is 4.79 Å². The predicted octanol–water partition coefficient (Wildman–Crippen LogP) is 0.423. The molecule has 7 heteroatoms. The van der Waals surface area contributed by atoms with Gasteiger partial charge in [-0.2, -0.15) is 0 Å². The van der Waals surface area contributed by atoms with Crippen LogP contribution in [0.4, 0.5) is 0 Å². The number of esters is 1. The summed E-state index contributed by atoms with van der Waals surface area (Å²) in [6.07, 6.45) is 0. The number of aromatic nitrogens is 1. The highest BCUT2D eigenvalue weighted by Crippen LogP contribution is 2.20. The van der Waals surface area contributed by atoms with E-state index in [0.717, 1.165) is 0 Å². The van der Waals surface area contributed by atoms with Crippen molar-refractivity contribution >= 4 is 17.7 Å². The van der Waals surface area contributed by atoms with Gasteiger partial charge in [0.05, 0.1) is 19.7 Å². The molecule has 0 bridgehead atoms. The van der Waals surface area contributed by atoms with Gasteiger partial charge < -0.3 is 15.0 Å². The van der Waals surface area contributed by atoms with Crippen molar-refractivity contribution in [3.8, 4) is 0 Å². The third-order valence-corrected chi connectivity index (χ3v) is 3.68. The maximum absolute atomic E-state index is 12.5. The molecule has 2 heterocycles. The van der Waals surface area contributed by atoms with Crippen molar-refractivity contribution in [1.29, 1.82) is 0 Å². The number of hydrogen-bond donors (Lipinski definition) is 2. The van der Waals surface area contributed by atoms with E-state index < -0.39 is 5.97 Å². The maximum atomic E-state index is 12.5. The Kier molecular flexibility index (Phi) is 4.97. The normalized spacial score (nSPS) is 15.5. The van der Waals surface area contributed by atoms with Crippen LogP contribution in [0.3, 0.4) is 0 Å². The second kappa shape index (κ2) is 6.74. The lowest BCUT2D eigenvalue weighted by Crippen LogP contribution is -2.49. The van der Waals surface area contributed by atoms with Crippen LogP contribution >= 0.6 is 0 Å². The summed E-state index contributed by atoms with van der Waals surface area (Å²) in [6.45, 7) is 7.07. The van der Waals surface area contributed by atoms with E-state index in [1.54, 1.807) is 25.7 Å². The zero-order chi connectivity index (χ0) is 16.3. The molecular formula is C15H21N3O4. The summed E-state index contributed by atoms with van der Waals surface area (Å²) in [5.41, 5.74) is 2.07. The van der Waals surface area contributed by atoms with Crippen LogP contribution in [0.1, 0.15) is 39.0 Å². The Morgan fingerprint density at radius 2 is 2.05 bits per heavy atom. The highest BCUT2D eigenvalue weighted by molar-refractivity contribution is 6.03. The SMILES string of the molecule is CCOC(=O)c1[nH]c(C)c(C(=O)CN2CCNC(=O)C2)c1C. The molecule has 120 valence electrons. The molecule has 1 aromatic heterocycles. The van der Waals surface area contributed by atoms with Crippen molar-refractivity contribution < 1.29 is 19.1 Å². The first-order valence-corrected chi connectivity index (χ1v) is 7.32. The van der Waals surface area contributed by atoms with Gasteiger partial charge in [-0.05, 0) is 26.3 Å². The number of amides is 1. The minimum atomic E-state index is -0.459. The van der Waals surface area contributed by atoms with E-state index in [1.807, 2.05) is 0 Å². The molecule has 1 aliphatic heterocycles. The molecule has 0 spiro atoms. The summed E-state index contributed by atoms with van der Waals surface area (Å²) in [5, 5.41) is 2.72. The fourth-order valence-electron chi connectivity index (χ4n) is 2.68. The number of aryl methyl sites for hydroxylation is 1. The molecule has 7 nitrogen and oxygen atoms in total. The van der Waals surface area contributed by atoms with Crippen molar-refractivity contribution in [3.05, 3.63) is 22.5 Å². The number of nitrogens with zero attached hydrogens (tertiary/aromatic N) is 1. The van der Waals surface area contributed by atoms with Crippen molar-refractivity contribution in [2.45, 2.75) is 20.8 Å². The number of rotatable bonds is 5. The molecule has 1 fully saturated rings. The number of carbonyl (C=O) groups is 3. The number of H-pyrrole nitrogens is 1. The van der Waals surface area contributed by atoms with Gasteiger partial charge in [-0.1, -0.05) is 0 Å². The van der Waals surface area contributed by atoms with Crippen molar-refractivity contribution in [3.63, 3.8) is 0 Å². The van der Waals surface area contributed by atoms with Crippen LogP contribution in [0.15, 0.2) is 0 Å². The van der Waals surface area contributed by atoms with Crippen LogP contribution in [-0.2, 0) is 9.53 Å². The second-order valence-corrected chi connectivity index (χ2v) is 5.33. The zero-order valence-corrected chi connectivity index (χ0v) is 13.1. The molecular weight excluding hydrogens is 286 g/mol. The first-order chi connectivity index (χ1) is 10.4. The second-order valence-electron chi connectivity index (χ2n) is 5.33. The predicted molar refractivity (Wildman–Crippen MR) is 80.0 cm³/mol. The largest absolute Gasteiger partial charge is 0.461 e. The molecule has 0 aromatic carbocycles. The van der Waals surface area contributed by atoms with Gasteiger partial charge in [-0.3, -0.25) is 14.5 Å². The summed E-state index contributed by atoms with van der Waals surface area (Å²) >= 11 is 0. The first-order valence-electron chi connectivity index (χ1n) is 7.32. The third kappa shape index (κ3) is 3.36. The van der Waals surface area contributed by atoms with Crippen molar-refractivity contribution in [2.75, 3.05) is 32.8 Å². The van der Waals surface area contributed by atoms with E-state index in [0.29, 0.717) is 35.6 Å². The molecule has 1 aromatic rings. The number of aromatic amines is 1. The fourth-order valence-corrected chi connectivity index (χ4v) is 2.68. The number of ether oxygens (including phenoxy) is 1. The molecule has 0 saturated carbocycles. The lowest BCUT2D eigenvalue weighted by Gasteiger charge is -2.25. The van der Waals surface area contributed by atoms with Gasteiger partial charge in [0.15, 0.2) is 5.78 Å². The molecule has 1 aliphatic rings. The van der Waals surface area contributed by atoms with Crippen LogP contribution < -0.4 is 5.32 Å². The molecule has 1 amide bonds. The molecule has 2 rings (SSSR count). The van der Waals surface area contributed by atoms with Crippen molar-refractivity contribution in [1.82, 2.24) is 15.2 Å². The standard InChI is InChI=1S/C15H21N3O4/c1-4-22-15(21)14-9(2)13(10(3)17-14)11(19)7-18-6-5-16-12(20)8-18/h17H,4-8H2,1-3H3,(H,16,20). The molecule has 0 radical (unpaired) electrons. The van der Waals surface area contributed by atoms with E-state index in [-0.39, 0.29) is 31.4 Å². The Morgan fingerprint density at radius 3 is 2.68 bits per heavy atom. The van der Waals surface area contributed by atoms with Gasteiger partial charge in [-0.15, -0.1) is 0 Å². The quantitative estimate of drug-likeness (QED) is 0.608. The summed E-state index contributed by atoms with van der Waals surface area (Å²) in [4.78, 5) is 40.5. The van der Waals surface area contributed by atoms with Crippen LogP contribution in [-0.4, -0.2) is 60.3 Å². The third-order valence-electron chi connectivity index (χ3n) is 3.68. The smallest absolute Gasteiger partial charge is 0.355 e. The minimum Gasteiger partial charge on any atom is -0.461 e. The average Bonchev–Trinajstić information content (AvgIpc) is 2.74. The van der Waals surface area contributed by atoms with E-state index >= 15 is 0 Å². The number of piperazine rings is 1. The number of ketones is 1. The molecule has 1 saturated heterocycles. The lowest BCUT2D eigenvalue weighted by atomic mass is 10.0. The van der Waals surface area contributed by atoms with Crippen LogP contribution in [0.25, 0.3) is 0 Å². The number of hydrogen-bond acceptors (Lipinski definition) is 5. The Hall–Kier alpha value is -2.15. The molecule has 0 unspecified atom stereocenters. The highest BCUT2D eigenvalue weighted by Gasteiger charge is 2.25. The zero-order valence-electron chi connectivity index (χ0n) is 13.1. The van der Waals surface area contributed by atoms with Gasteiger partial charge in [0.1, 0.15) is 5.69 Å². The fraction of sp³-hybridized carbons (Fsp3) is 0.533. The topological polar surface area (TPSA) is 91.5 Å². The summed E-state index contributed by atoms with van der Waals surface area (Å²) in [5.74, 6) is -0.634. The van der Waals surface area contributed by atoms with E-state index in [1.165, 1.54) is 0 Å². The average molecular weight is 307 g/mol. The minimum absolute atomic E-state index is 0.0752. The van der Waals surface area contributed by atoms with Crippen LogP contribution in [0.2, 0.25) is 0 Å². The summed E-state index contributed by atoms with van der Waals surface area (Å²) in [7, 11) is 0. The Labute approximate surface area is 129 Å². The van der Waals surface area contributed by atoms with Crippen molar-refractivity contribution in [2.24, 2.45) is 0 Å². The Bertz CT molecular complexity index is 606. The molecule has 22 heavy (non-hydrogen) atoms. The number of carbonyl (C=O) groups excluding carboxylic acids is 3. The number of nitrogens with one attached hydrogen (secondary N) is 2. The number of Topliss-reactive ketones (excluding diaryl/α,β-unsaturated/α-hetero) is 1. The monoisotopic (exact) mass is 307 g/mol. The van der Waals surface area contributed by atoms with E-state index in [2.05, 4.69) is 10.3 Å². The lowest BCUT2D eigenvalue weighted by molar-refractivity contribution is -0.123. The highest BCUT2D eigenvalue weighted by atomic mass is 16.5. The van der Waals surface area contributed by atoms with E-state index in [9.17, 15) is 14.4 Å². The maximum Gasteiger partial charge on any atom is 0.355 e. The van der Waals surface area contributed by atoms with Gasteiger partial charge >= 0.3 is 5.97 Å². The Balaban J connectivity index is 2.16. The first kappa shape index (κ1) is 16.2. The van der Waals surface area contributed by atoms with Gasteiger partial charge in [0, 0.05) is 24.3 Å². The van der Waals surface area contributed by atoms with Crippen LogP contribution in [0.5, 0.6) is 0 Å². The van der Waals surface area contributed by atoms with E-state index in [4.69, 9.17) is 4.74 Å². The van der Waals surface area contributed by atoms with Gasteiger partial charge in [0.25, 0.3) is 0 Å². The van der Waals surface area contributed by atoms with Crippen LogP contribution in [0, 0.1) is 13.8 Å². The van der Waals surface area contributed by atoms with Gasteiger partial charge in [0.2, 0.25) is 5.91 Å².